The lowest BCUT2D eigenvalue weighted by Gasteiger charge is -2.24. The molecule has 12 heteroatoms. The second-order valence-electron chi connectivity index (χ2n) is 6.77. The highest BCUT2D eigenvalue weighted by molar-refractivity contribution is 7.80. The van der Waals surface area contributed by atoms with Crippen molar-refractivity contribution in [2.75, 3.05) is 5.75 Å². The number of hydrogen-bond acceptors (Lipinski definition) is 7. The van der Waals surface area contributed by atoms with E-state index in [1.807, 2.05) is 0 Å². The van der Waals surface area contributed by atoms with Gasteiger partial charge in [0.1, 0.15) is 18.1 Å². The number of rotatable bonds is 12. The van der Waals surface area contributed by atoms with Gasteiger partial charge < -0.3 is 31.9 Å². The highest BCUT2D eigenvalue weighted by atomic mass is 32.1. The number of nitrogens with two attached hydrogens (primary N) is 1. The van der Waals surface area contributed by atoms with Gasteiger partial charge in [0.2, 0.25) is 17.7 Å². The van der Waals surface area contributed by atoms with Gasteiger partial charge in [-0.1, -0.05) is 30.3 Å². The van der Waals surface area contributed by atoms with Gasteiger partial charge >= 0.3 is 11.9 Å². The third-order valence-electron chi connectivity index (χ3n) is 4.19. The molecule has 1 rings (SSSR count). The fraction of sp³-hybridized carbons (Fsp3) is 0.421. The second kappa shape index (κ2) is 12.5. The molecule has 4 atom stereocenters. The van der Waals surface area contributed by atoms with Gasteiger partial charge in [0.15, 0.2) is 0 Å². The molecule has 0 bridgehead atoms. The van der Waals surface area contributed by atoms with Gasteiger partial charge in [-0.05, 0) is 12.5 Å². The van der Waals surface area contributed by atoms with Crippen LogP contribution in [0, 0.1) is 0 Å². The summed E-state index contributed by atoms with van der Waals surface area (Å²) in [5.41, 5.74) is 6.20. The van der Waals surface area contributed by atoms with Crippen molar-refractivity contribution >= 4 is 42.3 Å². The minimum Gasteiger partial charge on any atom is -0.481 e. The smallest absolute Gasteiger partial charge is 0.325 e. The molecule has 4 unspecified atom stereocenters. The van der Waals surface area contributed by atoms with Crippen molar-refractivity contribution in [1.82, 2.24) is 16.0 Å². The lowest BCUT2D eigenvalue weighted by molar-refractivity contribution is -0.141. The average Bonchev–Trinajstić information content (AvgIpc) is 2.71. The van der Waals surface area contributed by atoms with E-state index in [0.29, 0.717) is 5.56 Å². The maximum atomic E-state index is 12.7. The molecule has 0 aliphatic rings. The summed E-state index contributed by atoms with van der Waals surface area (Å²) in [6, 6.07) is 3.84. The fourth-order valence-corrected chi connectivity index (χ4v) is 2.72. The monoisotopic (exact) mass is 454 g/mol. The minimum atomic E-state index is -1.37. The Hall–Kier alpha value is -3.12. The molecule has 1 aromatic carbocycles. The number of hydrogen-bond donors (Lipinski definition) is 7. The van der Waals surface area contributed by atoms with Crippen LogP contribution in [0.4, 0.5) is 0 Å². The van der Waals surface area contributed by atoms with E-state index >= 15 is 0 Å². The van der Waals surface area contributed by atoms with E-state index in [4.69, 9.17) is 15.9 Å². The van der Waals surface area contributed by atoms with E-state index in [1.54, 1.807) is 30.3 Å². The summed E-state index contributed by atoms with van der Waals surface area (Å²) in [5, 5.41) is 24.8. The van der Waals surface area contributed by atoms with E-state index in [2.05, 4.69) is 28.6 Å². The molecular formula is C19H26N4O7S. The first kappa shape index (κ1) is 25.9. The molecule has 7 N–H and O–H groups in total. The first-order valence-corrected chi connectivity index (χ1v) is 9.94. The molecular weight excluding hydrogens is 428 g/mol. The Bertz CT molecular complexity index is 806. The molecule has 31 heavy (non-hydrogen) atoms. The number of aliphatic carboxylic acids is 2. The van der Waals surface area contributed by atoms with E-state index < -0.39 is 60.2 Å². The molecule has 0 saturated carbocycles. The van der Waals surface area contributed by atoms with Crippen LogP contribution >= 0.6 is 12.6 Å². The quantitative estimate of drug-likeness (QED) is 0.186. The molecule has 0 spiro atoms. The Morgan fingerprint density at radius 1 is 0.935 bits per heavy atom. The van der Waals surface area contributed by atoms with Gasteiger partial charge in [0.05, 0.1) is 12.5 Å². The number of carbonyl (C=O) groups excluding carboxylic acids is 3. The van der Waals surface area contributed by atoms with Crippen LogP contribution in [0.15, 0.2) is 30.3 Å². The molecule has 0 aliphatic heterocycles. The summed E-state index contributed by atoms with van der Waals surface area (Å²) in [4.78, 5) is 59.0. The van der Waals surface area contributed by atoms with Gasteiger partial charge in [-0.3, -0.25) is 24.0 Å². The lowest BCUT2D eigenvalue weighted by atomic mass is 10.0. The van der Waals surface area contributed by atoms with E-state index in [9.17, 15) is 24.0 Å². The van der Waals surface area contributed by atoms with Crippen LogP contribution in [-0.4, -0.2) is 69.8 Å². The predicted molar refractivity (Wildman–Crippen MR) is 113 cm³/mol. The van der Waals surface area contributed by atoms with Crippen LogP contribution in [0.1, 0.15) is 18.9 Å². The van der Waals surface area contributed by atoms with Crippen LogP contribution in [0.25, 0.3) is 0 Å². The zero-order valence-electron chi connectivity index (χ0n) is 16.8. The van der Waals surface area contributed by atoms with Crippen LogP contribution in [0.3, 0.4) is 0 Å². The Morgan fingerprint density at radius 2 is 1.48 bits per heavy atom. The van der Waals surface area contributed by atoms with Crippen molar-refractivity contribution in [3.63, 3.8) is 0 Å². The van der Waals surface area contributed by atoms with Gasteiger partial charge in [-0.2, -0.15) is 12.6 Å². The number of amides is 3. The van der Waals surface area contributed by atoms with Crippen LogP contribution in [-0.2, 0) is 30.4 Å². The average molecular weight is 455 g/mol. The van der Waals surface area contributed by atoms with E-state index in [-0.39, 0.29) is 12.2 Å². The van der Waals surface area contributed by atoms with Crippen molar-refractivity contribution in [3.8, 4) is 0 Å². The predicted octanol–water partition coefficient (Wildman–Crippen LogP) is -1.48. The lowest BCUT2D eigenvalue weighted by Crippen LogP contribution is -2.58. The summed E-state index contributed by atoms with van der Waals surface area (Å²) in [6.45, 7) is 1.28. The summed E-state index contributed by atoms with van der Waals surface area (Å²) >= 11 is 4.01. The maximum Gasteiger partial charge on any atom is 0.325 e. The van der Waals surface area contributed by atoms with Crippen molar-refractivity contribution in [3.05, 3.63) is 35.9 Å². The van der Waals surface area contributed by atoms with Crippen molar-refractivity contribution in [1.29, 1.82) is 0 Å². The molecule has 0 radical (unpaired) electrons. The van der Waals surface area contributed by atoms with Crippen molar-refractivity contribution < 1.29 is 34.2 Å². The summed E-state index contributed by atoms with van der Waals surface area (Å²) in [5.74, 6) is -5.01. The van der Waals surface area contributed by atoms with Gasteiger partial charge in [0.25, 0.3) is 0 Å². The normalized spacial score (nSPS) is 14.4. The Kier molecular flexibility index (Phi) is 10.5. The number of carboxylic acid groups (broad SMARTS) is 2. The van der Waals surface area contributed by atoms with Gasteiger partial charge in [-0.25, -0.2) is 0 Å². The van der Waals surface area contributed by atoms with Crippen LogP contribution in [0.2, 0.25) is 0 Å². The molecule has 170 valence electrons. The largest absolute Gasteiger partial charge is 0.481 e. The Morgan fingerprint density at radius 3 is 2.00 bits per heavy atom. The third-order valence-corrected chi connectivity index (χ3v) is 4.56. The standard InChI is InChI=1S/C19H26N4O7S/c1-10(19(29)30)21-17(27)13(7-11-5-3-2-4-6-11)22-18(28)14(9-31)23-16(26)12(20)8-15(24)25/h2-6,10,12-14,31H,7-9,20H2,1H3,(H,21,27)(H,22,28)(H,23,26)(H,24,25)(H,29,30). The zero-order chi connectivity index (χ0) is 23.6. The molecule has 11 nitrogen and oxygen atoms in total. The van der Waals surface area contributed by atoms with Crippen molar-refractivity contribution in [2.45, 2.75) is 43.9 Å². The Balaban J connectivity index is 2.92. The van der Waals surface area contributed by atoms with Gasteiger partial charge in [0, 0.05) is 12.2 Å². The fourth-order valence-electron chi connectivity index (χ4n) is 2.46. The zero-order valence-corrected chi connectivity index (χ0v) is 17.7. The first-order valence-electron chi connectivity index (χ1n) is 9.31. The highest BCUT2D eigenvalue weighted by Gasteiger charge is 2.29. The molecule has 0 saturated heterocycles. The van der Waals surface area contributed by atoms with Gasteiger partial charge in [-0.15, -0.1) is 0 Å². The number of nitrogens with one attached hydrogen (secondary N) is 3. The molecule has 0 fully saturated rings. The molecule has 0 aromatic heterocycles. The number of thiol groups is 1. The molecule has 3 amide bonds. The second-order valence-corrected chi connectivity index (χ2v) is 7.13. The third kappa shape index (κ3) is 9.05. The number of carbonyl (C=O) groups is 5. The summed E-state index contributed by atoms with van der Waals surface area (Å²) in [6.07, 6.45) is -0.560. The van der Waals surface area contributed by atoms with Crippen LogP contribution in [0.5, 0.6) is 0 Å². The SMILES string of the molecule is CC(NC(=O)C(Cc1ccccc1)NC(=O)C(CS)NC(=O)C(N)CC(=O)O)C(=O)O. The molecule has 0 heterocycles. The van der Waals surface area contributed by atoms with Crippen molar-refractivity contribution in [2.24, 2.45) is 5.73 Å². The minimum absolute atomic E-state index is 0.0660. The first-order chi connectivity index (χ1) is 14.5. The maximum absolute atomic E-state index is 12.7. The highest BCUT2D eigenvalue weighted by Crippen LogP contribution is 2.05. The molecule has 1 aromatic rings. The number of benzene rings is 1. The van der Waals surface area contributed by atoms with E-state index in [0.717, 1.165) is 0 Å². The topological polar surface area (TPSA) is 188 Å². The van der Waals surface area contributed by atoms with E-state index in [1.165, 1.54) is 6.92 Å². The van der Waals surface area contributed by atoms with Crippen LogP contribution < -0.4 is 21.7 Å². The molecule has 0 aliphatic carbocycles. The number of carboxylic acids is 2. The summed E-state index contributed by atoms with van der Waals surface area (Å²) in [7, 11) is 0. The Labute approximate surface area is 184 Å². The summed E-state index contributed by atoms with van der Waals surface area (Å²) < 4.78 is 0.